The maximum absolute atomic E-state index is 12.2. The highest BCUT2D eigenvalue weighted by molar-refractivity contribution is 5.74. The van der Waals surface area contributed by atoms with Crippen LogP contribution >= 0.6 is 0 Å². The molecular formula is C23H39N3O. The Morgan fingerprint density at radius 3 is 2.52 bits per heavy atom. The van der Waals surface area contributed by atoms with Crippen molar-refractivity contribution in [1.82, 2.24) is 15.1 Å². The average Bonchev–Trinajstić information content (AvgIpc) is 2.63. The zero-order valence-corrected chi connectivity index (χ0v) is 17.8. The van der Waals surface area contributed by atoms with Crippen molar-refractivity contribution in [1.29, 1.82) is 0 Å². The van der Waals surface area contributed by atoms with Gasteiger partial charge in [-0.25, -0.2) is 4.79 Å². The number of likely N-dealkylation sites (tertiary alicyclic amines) is 1. The van der Waals surface area contributed by atoms with Crippen LogP contribution in [0, 0.1) is 5.41 Å². The molecule has 1 aromatic rings. The summed E-state index contributed by atoms with van der Waals surface area (Å²) in [5.41, 5.74) is 3.52. The molecule has 4 nitrogen and oxygen atoms in total. The van der Waals surface area contributed by atoms with Gasteiger partial charge in [0, 0.05) is 15.5 Å². The van der Waals surface area contributed by atoms with Crippen LogP contribution in [0.1, 0.15) is 71.5 Å². The fourth-order valence-corrected chi connectivity index (χ4v) is 4.64. The van der Waals surface area contributed by atoms with Crippen molar-refractivity contribution in [2.45, 2.75) is 64.3 Å². The highest BCUT2D eigenvalue weighted by atomic mass is 16.2. The van der Waals surface area contributed by atoms with Crippen molar-refractivity contribution in [3.63, 3.8) is 0 Å². The van der Waals surface area contributed by atoms with Gasteiger partial charge in [-0.05, 0) is 73.7 Å². The van der Waals surface area contributed by atoms with Gasteiger partial charge in [-0.1, -0.05) is 45.0 Å². The fraction of sp³-hybridized carbons (Fsp3) is 0.696. The molecule has 152 valence electrons. The van der Waals surface area contributed by atoms with E-state index in [0.717, 1.165) is 6.42 Å². The maximum Gasteiger partial charge on any atom is 0.317 e. The topological polar surface area (TPSA) is 35.6 Å². The van der Waals surface area contributed by atoms with Crippen molar-refractivity contribution in [3.8, 4) is 0 Å². The molecule has 0 unspecified atom stereocenters. The van der Waals surface area contributed by atoms with Crippen LogP contribution < -0.4 is 5.32 Å². The predicted molar refractivity (Wildman–Crippen MR) is 114 cm³/mol. The molecule has 1 fully saturated rings. The summed E-state index contributed by atoms with van der Waals surface area (Å²) in [4.78, 5) is 16.5. The first kappa shape index (κ1) is 20.2. The molecule has 1 spiro atoms. The van der Waals surface area contributed by atoms with Crippen molar-refractivity contribution in [2.24, 2.45) is 5.41 Å². The molecule has 0 saturated carbocycles. The largest absolute Gasteiger partial charge is 0.331 e. The number of carbonyl (C=O) groups excluding carboxylic acids is 1. The Bertz CT molecular complexity index is 660. The van der Waals surface area contributed by atoms with Crippen LogP contribution in [0.5, 0.6) is 0 Å². The number of carbonyl (C=O) groups is 1. The SMILES string of the molecule is CN(C)C(=O)N[C@H]1CCC2(CCN(CCC(C)(C)C)CC2)c2ccccc21.[HH]. The van der Waals surface area contributed by atoms with Crippen LogP contribution in [0.4, 0.5) is 4.79 Å². The van der Waals surface area contributed by atoms with E-state index in [1.165, 1.54) is 56.4 Å². The number of nitrogens with zero attached hydrogens (tertiary/aromatic N) is 2. The van der Waals surface area contributed by atoms with Gasteiger partial charge in [0.2, 0.25) is 0 Å². The zero-order valence-electron chi connectivity index (χ0n) is 17.8. The zero-order chi connectivity index (χ0) is 19.7. The third-order valence-electron chi connectivity index (χ3n) is 6.51. The first-order valence-corrected chi connectivity index (χ1v) is 10.5. The van der Waals surface area contributed by atoms with Crippen molar-refractivity contribution >= 4 is 6.03 Å². The molecule has 27 heavy (non-hydrogen) atoms. The molecule has 1 aliphatic carbocycles. The van der Waals surface area contributed by atoms with Gasteiger partial charge < -0.3 is 15.1 Å². The van der Waals surface area contributed by atoms with Crippen LogP contribution in [0.25, 0.3) is 0 Å². The third-order valence-corrected chi connectivity index (χ3v) is 6.51. The maximum atomic E-state index is 12.2. The first-order chi connectivity index (χ1) is 12.7. The van der Waals surface area contributed by atoms with Crippen LogP contribution in [-0.4, -0.2) is 49.6 Å². The summed E-state index contributed by atoms with van der Waals surface area (Å²) in [5, 5.41) is 3.22. The van der Waals surface area contributed by atoms with Gasteiger partial charge in [0.25, 0.3) is 0 Å². The smallest absolute Gasteiger partial charge is 0.317 e. The summed E-state index contributed by atoms with van der Waals surface area (Å²) in [5.74, 6) is 0. The van der Waals surface area contributed by atoms with E-state index in [2.05, 4.69) is 55.3 Å². The number of hydrogen-bond donors (Lipinski definition) is 1. The Morgan fingerprint density at radius 1 is 1.22 bits per heavy atom. The lowest BCUT2D eigenvalue weighted by Gasteiger charge is -2.47. The van der Waals surface area contributed by atoms with Crippen molar-refractivity contribution in [2.75, 3.05) is 33.7 Å². The van der Waals surface area contributed by atoms with Crippen LogP contribution in [0.3, 0.4) is 0 Å². The molecule has 1 saturated heterocycles. The monoisotopic (exact) mass is 373 g/mol. The number of urea groups is 1. The number of benzene rings is 1. The number of piperidine rings is 1. The molecule has 3 rings (SSSR count). The fourth-order valence-electron chi connectivity index (χ4n) is 4.64. The Labute approximate surface area is 166 Å². The quantitative estimate of drug-likeness (QED) is 0.825. The van der Waals surface area contributed by atoms with Gasteiger partial charge >= 0.3 is 6.03 Å². The predicted octanol–water partition coefficient (Wildman–Crippen LogP) is 4.81. The average molecular weight is 374 g/mol. The molecule has 1 aliphatic heterocycles. The van der Waals surface area contributed by atoms with Crippen LogP contribution in [0.2, 0.25) is 0 Å². The van der Waals surface area contributed by atoms with E-state index in [1.54, 1.807) is 19.0 Å². The molecule has 0 bridgehead atoms. The number of amides is 2. The van der Waals surface area contributed by atoms with Gasteiger partial charge in [-0.2, -0.15) is 0 Å². The lowest BCUT2D eigenvalue weighted by atomic mass is 9.63. The molecule has 1 atom stereocenters. The minimum atomic E-state index is 0. The first-order valence-electron chi connectivity index (χ1n) is 10.5. The Balaban J connectivity index is 0.00000280. The molecule has 2 amide bonds. The molecule has 2 aliphatic rings. The van der Waals surface area contributed by atoms with Crippen LogP contribution in [0.15, 0.2) is 24.3 Å². The minimum absolute atomic E-state index is 0. The highest BCUT2D eigenvalue weighted by Crippen LogP contribution is 2.48. The summed E-state index contributed by atoms with van der Waals surface area (Å²) in [7, 11) is 3.61. The molecule has 1 heterocycles. The second-order valence-electron chi connectivity index (χ2n) is 9.96. The van der Waals surface area contributed by atoms with E-state index in [0.29, 0.717) is 10.8 Å². The van der Waals surface area contributed by atoms with E-state index in [1.807, 2.05) is 0 Å². The summed E-state index contributed by atoms with van der Waals surface area (Å²) in [6.07, 6.45) is 5.95. The molecule has 1 aromatic carbocycles. The second kappa shape index (κ2) is 7.83. The van der Waals surface area contributed by atoms with Crippen LogP contribution in [-0.2, 0) is 5.41 Å². The van der Waals surface area contributed by atoms with Gasteiger partial charge in [-0.15, -0.1) is 0 Å². The Hall–Kier alpha value is -1.55. The van der Waals surface area contributed by atoms with E-state index in [4.69, 9.17) is 0 Å². The third kappa shape index (κ3) is 4.66. The van der Waals surface area contributed by atoms with E-state index in [-0.39, 0.29) is 13.5 Å². The van der Waals surface area contributed by atoms with E-state index < -0.39 is 0 Å². The number of hydrogen-bond acceptors (Lipinski definition) is 2. The lowest BCUT2D eigenvalue weighted by Crippen LogP contribution is -2.47. The molecule has 4 heteroatoms. The molecule has 1 N–H and O–H groups in total. The molecule has 0 radical (unpaired) electrons. The summed E-state index contributed by atoms with van der Waals surface area (Å²) in [6.45, 7) is 10.6. The minimum Gasteiger partial charge on any atom is -0.331 e. The molecular weight excluding hydrogens is 334 g/mol. The standard InChI is InChI=1S/C23H37N3O.H2/c1-22(2,3)12-15-26-16-13-23(14-17-26)11-10-20(24-21(27)25(4)5)18-8-6-7-9-19(18)23;/h6-9,20H,10-17H2,1-5H3,(H,24,27);1H/t20-;/m0./s1. The second-order valence-corrected chi connectivity index (χ2v) is 9.96. The molecule has 0 aromatic heterocycles. The van der Waals surface area contributed by atoms with Gasteiger partial charge in [0.15, 0.2) is 0 Å². The normalized spacial score (nSPS) is 22.3. The van der Waals surface area contributed by atoms with E-state index in [9.17, 15) is 4.79 Å². The lowest BCUT2D eigenvalue weighted by molar-refractivity contribution is 0.126. The summed E-state index contributed by atoms with van der Waals surface area (Å²) in [6, 6.07) is 8.97. The number of nitrogens with one attached hydrogen (secondary N) is 1. The summed E-state index contributed by atoms with van der Waals surface area (Å²) < 4.78 is 0. The van der Waals surface area contributed by atoms with Crippen molar-refractivity contribution < 1.29 is 6.22 Å². The van der Waals surface area contributed by atoms with Gasteiger partial charge in [-0.3, -0.25) is 0 Å². The van der Waals surface area contributed by atoms with Gasteiger partial charge in [0.05, 0.1) is 6.04 Å². The van der Waals surface area contributed by atoms with Gasteiger partial charge in [0.1, 0.15) is 0 Å². The number of rotatable bonds is 3. The summed E-state index contributed by atoms with van der Waals surface area (Å²) >= 11 is 0. The number of fused-ring (bicyclic) bond motifs is 2. The highest BCUT2D eigenvalue weighted by Gasteiger charge is 2.42. The van der Waals surface area contributed by atoms with Crippen molar-refractivity contribution in [3.05, 3.63) is 35.4 Å². The Morgan fingerprint density at radius 2 is 1.89 bits per heavy atom. The van der Waals surface area contributed by atoms with E-state index >= 15 is 0 Å². The Kier molecular flexibility index (Phi) is 5.85.